The maximum atomic E-state index is 10.6. The summed E-state index contributed by atoms with van der Waals surface area (Å²) in [6.07, 6.45) is 3.37. The lowest BCUT2D eigenvalue weighted by molar-refractivity contribution is -0.133. The summed E-state index contributed by atoms with van der Waals surface area (Å²) in [7, 11) is 0. The number of epoxide rings is 1. The van der Waals surface area contributed by atoms with Gasteiger partial charge in [0.05, 0.1) is 12.7 Å². The topological polar surface area (TPSA) is 49.8 Å². The Kier molecular flexibility index (Phi) is 3.25. The molecular formula is C10H14O3. The van der Waals surface area contributed by atoms with Crippen molar-refractivity contribution in [1.29, 1.82) is 0 Å². The zero-order valence-electron chi connectivity index (χ0n) is 7.53. The van der Waals surface area contributed by atoms with E-state index in [4.69, 9.17) is 9.84 Å². The van der Waals surface area contributed by atoms with E-state index in [0.717, 1.165) is 13.0 Å². The van der Waals surface area contributed by atoms with Crippen molar-refractivity contribution in [3.05, 3.63) is 24.8 Å². The van der Waals surface area contributed by atoms with Gasteiger partial charge in [-0.25, -0.2) is 4.79 Å². The van der Waals surface area contributed by atoms with E-state index in [9.17, 15) is 4.79 Å². The van der Waals surface area contributed by atoms with E-state index >= 15 is 0 Å². The van der Waals surface area contributed by atoms with Crippen LogP contribution in [0.5, 0.6) is 0 Å². The highest BCUT2D eigenvalue weighted by molar-refractivity contribution is 5.86. The van der Waals surface area contributed by atoms with Gasteiger partial charge in [-0.2, -0.15) is 0 Å². The number of carbonyl (C=O) groups is 1. The number of allylic oxidation sites excluding steroid dienone is 1. The average molecular weight is 182 g/mol. The summed E-state index contributed by atoms with van der Waals surface area (Å²) in [4.78, 5) is 10.6. The van der Waals surface area contributed by atoms with Crippen LogP contribution in [-0.2, 0) is 9.53 Å². The van der Waals surface area contributed by atoms with Crippen molar-refractivity contribution >= 4 is 5.97 Å². The standard InChI is InChI=1S/C10H14O3/c1-3-4-8(5-9-6-13-9)7(2)10(11)12/h3,8-9H,1-2,4-6H2,(H,11,12). The molecule has 1 rings (SSSR count). The number of carboxylic acids is 1. The number of hydrogen-bond acceptors (Lipinski definition) is 2. The van der Waals surface area contributed by atoms with Gasteiger partial charge in [-0.1, -0.05) is 12.7 Å². The molecule has 3 heteroatoms. The Morgan fingerprint density at radius 3 is 2.77 bits per heavy atom. The first-order valence-electron chi connectivity index (χ1n) is 4.29. The fraction of sp³-hybridized carbons (Fsp3) is 0.500. The normalized spacial score (nSPS) is 22.0. The van der Waals surface area contributed by atoms with Crippen molar-refractivity contribution < 1.29 is 14.6 Å². The third-order valence-electron chi connectivity index (χ3n) is 2.17. The summed E-state index contributed by atoms with van der Waals surface area (Å²) >= 11 is 0. The van der Waals surface area contributed by atoms with Gasteiger partial charge >= 0.3 is 5.97 Å². The lowest BCUT2D eigenvalue weighted by Gasteiger charge is -2.12. The molecule has 0 spiro atoms. The van der Waals surface area contributed by atoms with Gasteiger partial charge in [0.1, 0.15) is 0 Å². The van der Waals surface area contributed by atoms with E-state index < -0.39 is 5.97 Å². The lowest BCUT2D eigenvalue weighted by atomic mass is 9.92. The summed E-state index contributed by atoms with van der Waals surface area (Å²) in [5.74, 6) is -0.949. The van der Waals surface area contributed by atoms with E-state index in [-0.39, 0.29) is 17.6 Å². The third kappa shape index (κ3) is 3.03. The molecule has 1 heterocycles. The molecule has 0 bridgehead atoms. The molecule has 13 heavy (non-hydrogen) atoms. The molecule has 1 fully saturated rings. The average Bonchev–Trinajstić information content (AvgIpc) is 2.86. The van der Waals surface area contributed by atoms with Crippen LogP contribution in [0.25, 0.3) is 0 Å². The molecule has 0 aromatic heterocycles. The van der Waals surface area contributed by atoms with Gasteiger partial charge in [0.15, 0.2) is 0 Å². The number of carboxylic acid groups (broad SMARTS) is 1. The molecule has 1 saturated heterocycles. The molecule has 0 aromatic carbocycles. The minimum absolute atomic E-state index is 0.0255. The zero-order valence-corrected chi connectivity index (χ0v) is 7.53. The summed E-state index contributed by atoms with van der Waals surface area (Å²) in [6.45, 7) is 7.90. The number of aliphatic carboxylic acids is 1. The molecule has 1 aliphatic rings. The Balaban J connectivity index is 2.48. The molecule has 0 aromatic rings. The summed E-state index contributed by atoms with van der Waals surface area (Å²) in [5.41, 5.74) is 0.260. The first-order chi connectivity index (χ1) is 6.15. The van der Waals surface area contributed by atoms with Crippen LogP contribution in [0.15, 0.2) is 24.8 Å². The number of hydrogen-bond donors (Lipinski definition) is 1. The van der Waals surface area contributed by atoms with E-state index in [2.05, 4.69) is 13.2 Å². The Morgan fingerprint density at radius 1 is 1.77 bits per heavy atom. The Morgan fingerprint density at radius 2 is 2.38 bits per heavy atom. The molecule has 3 nitrogen and oxygen atoms in total. The fourth-order valence-electron chi connectivity index (χ4n) is 1.28. The molecule has 0 amide bonds. The molecule has 0 radical (unpaired) electrons. The molecule has 0 aliphatic carbocycles. The van der Waals surface area contributed by atoms with Crippen molar-refractivity contribution in [2.75, 3.05) is 6.61 Å². The monoisotopic (exact) mass is 182 g/mol. The van der Waals surface area contributed by atoms with Crippen LogP contribution in [0.2, 0.25) is 0 Å². The Labute approximate surface area is 77.7 Å². The van der Waals surface area contributed by atoms with E-state index in [1.165, 1.54) is 0 Å². The van der Waals surface area contributed by atoms with Crippen LogP contribution < -0.4 is 0 Å². The van der Waals surface area contributed by atoms with Crippen LogP contribution in [0, 0.1) is 5.92 Å². The van der Waals surface area contributed by atoms with Gasteiger partial charge in [0, 0.05) is 5.57 Å². The lowest BCUT2D eigenvalue weighted by Crippen LogP contribution is -2.13. The van der Waals surface area contributed by atoms with Gasteiger partial charge in [-0.15, -0.1) is 6.58 Å². The van der Waals surface area contributed by atoms with Crippen LogP contribution in [0.1, 0.15) is 12.8 Å². The van der Waals surface area contributed by atoms with Crippen LogP contribution >= 0.6 is 0 Å². The quantitative estimate of drug-likeness (QED) is 0.385. The van der Waals surface area contributed by atoms with Crippen LogP contribution in [0.3, 0.4) is 0 Å². The Bertz CT molecular complexity index is 228. The van der Waals surface area contributed by atoms with E-state index in [1.54, 1.807) is 6.08 Å². The highest BCUT2D eigenvalue weighted by atomic mass is 16.6. The van der Waals surface area contributed by atoms with Crippen molar-refractivity contribution in [1.82, 2.24) is 0 Å². The van der Waals surface area contributed by atoms with Gasteiger partial charge < -0.3 is 9.84 Å². The Hall–Kier alpha value is -1.09. The molecule has 2 unspecified atom stereocenters. The van der Waals surface area contributed by atoms with Crippen molar-refractivity contribution in [3.8, 4) is 0 Å². The highest BCUT2D eigenvalue weighted by Crippen LogP contribution is 2.26. The minimum Gasteiger partial charge on any atom is -0.478 e. The summed E-state index contributed by atoms with van der Waals surface area (Å²) < 4.78 is 5.05. The van der Waals surface area contributed by atoms with Crippen LogP contribution in [-0.4, -0.2) is 23.8 Å². The van der Waals surface area contributed by atoms with Crippen molar-refractivity contribution in [2.24, 2.45) is 5.92 Å². The molecule has 72 valence electrons. The van der Waals surface area contributed by atoms with Gasteiger partial charge in [-0.3, -0.25) is 0 Å². The first kappa shape index (κ1) is 9.99. The largest absolute Gasteiger partial charge is 0.478 e. The maximum absolute atomic E-state index is 10.6. The summed E-state index contributed by atoms with van der Waals surface area (Å²) in [6, 6.07) is 0. The second-order valence-electron chi connectivity index (χ2n) is 3.24. The van der Waals surface area contributed by atoms with Crippen molar-refractivity contribution in [2.45, 2.75) is 18.9 Å². The van der Waals surface area contributed by atoms with E-state index in [0.29, 0.717) is 6.42 Å². The first-order valence-corrected chi connectivity index (χ1v) is 4.29. The summed E-state index contributed by atoms with van der Waals surface area (Å²) in [5, 5.41) is 8.74. The zero-order chi connectivity index (χ0) is 9.84. The predicted octanol–water partition coefficient (Wildman–Crippen LogP) is 1.61. The number of rotatable bonds is 6. The fourth-order valence-corrected chi connectivity index (χ4v) is 1.28. The van der Waals surface area contributed by atoms with Crippen molar-refractivity contribution in [3.63, 3.8) is 0 Å². The SMILES string of the molecule is C=CCC(CC1CO1)C(=C)C(=O)O. The van der Waals surface area contributed by atoms with E-state index in [1.807, 2.05) is 0 Å². The second kappa shape index (κ2) is 4.23. The molecule has 2 atom stereocenters. The molecule has 0 saturated carbocycles. The smallest absolute Gasteiger partial charge is 0.331 e. The molecule has 1 aliphatic heterocycles. The van der Waals surface area contributed by atoms with Gasteiger partial charge in [0.25, 0.3) is 0 Å². The minimum atomic E-state index is -0.924. The third-order valence-corrected chi connectivity index (χ3v) is 2.17. The predicted molar refractivity (Wildman–Crippen MR) is 49.4 cm³/mol. The molecule has 1 N–H and O–H groups in total. The second-order valence-corrected chi connectivity index (χ2v) is 3.24. The number of ether oxygens (including phenoxy) is 1. The molecular weight excluding hydrogens is 168 g/mol. The maximum Gasteiger partial charge on any atom is 0.331 e. The van der Waals surface area contributed by atoms with Gasteiger partial charge in [0.2, 0.25) is 0 Å². The highest BCUT2D eigenvalue weighted by Gasteiger charge is 2.29. The van der Waals surface area contributed by atoms with Gasteiger partial charge in [-0.05, 0) is 18.8 Å². The van der Waals surface area contributed by atoms with Crippen LogP contribution in [0.4, 0.5) is 0 Å².